The topological polar surface area (TPSA) is 186 Å². The van der Waals surface area contributed by atoms with Gasteiger partial charge >= 0.3 is 5.97 Å². The number of sulfone groups is 1. The van der Waals surface area contributed by atoms with Gasteiger partial charge in [-0.05, 0) is 31.9 Å². The monoisotopic (exact) mass is 482 g/mol. The maximum Gasteiger partial charge on any atom is 0.328 e. The Kier molecular flexibility index (Phi) is 6.81. The number of phenols is 2. The number of carboxylic acid groups (broad SMARTS) is 1. The molecule has 0 spiro atoms. The third-order valence-corrected chi connectivity index (χ3v) is 8.53. The van der Waals surface area contributed by atoms with Crippen LogP contribution in [0.3, 0.4) is 0 Å². The summed E-state index contributed by atoms with van der Waals surface area (Å²) in [6.45, 7) is 1.77. The molecule has 2 saturated heterocycles. The standard InChI is InChI=1S/C20H26N4O8S/c1-20(18(19(29)30)24-16(28)10-17(24)33(20,31)32)11-22-23-15(27)5-3-2-4-8-21-12-6-7-13(25)14(26)9-12/h6-7,9,11,17-18,21,25-26H,2-5,8,10H2,1H3,(H,23,27)(H,29,30)/b22-11+/t17-,18+,20+/m1/s1. The lowest BCUT2D eigenvalue weighted by atomic mass is 9.97. The summed E-state index contributed by atoms with van der Waals surface area (Å²) in [5.41, 5.74) is 2.88. The number of fused-ring (bicyclic) bond motifs is 1. The molecular formula is C20H26N4O8S. The molecule has 2 heterocycles. The van der Waals surface area contributed by atoms with E-state index in [0.29, 0.717) is 25.1 Å². The molecule has 12 nitrogen and oxygen atoms in total. The molecule has 0 aromatic heterocycles. The number of rotatable bonds is 10. The van der Waals surface area contributed by atoms with E-state index in [0.717, 1.165) is 17.5 Å². The molecule has 1 aromatic rings. The van der Waals surface area contributed by atoms with Crippen molar-refractivity contribution in [2.24, 2.45) is 5.10 Å². The van der Waals surface area contributed by atoms with Crippen molar-refractivity contribution in [2.75, 3.05) is 11.9 Å². The van der Waals surface area contributed by atoms with Gasteiger partial charge in [0, 0.05) is 30.9 Å². The highest BCUT2D eigenvalue weighted by molar-refractivity contribution is 7.94. The van der Waals surface area contributed by atoms with Crippen molar-refractivity contribution in [3.05, 3.63) is 18.2 Å². The van der Waals surface area contributed by atoms with Gasteiger partial charge in [-0.1, -0.05) is 6.42 Å². The SMILES string of the molecule is C[C@]1(/C=N/NC(=O)CCCCCNc2ccc(O)c(O)c2)[C@H](C(=O)O)N2C(=O)C[C@H]2S1(=O)=O. The van der Waals surface area contributed by atoms with Crippen LogP contribution in [-0.2, 0) is 24.2 Å². The van der Waals surface area contributed by atoms with Crippen molar-refractivity contribution < 1.29 is 38.1 Å². The summed E-state index contributed by atoms with van der Waals surface area (Å²) in [7, 11) is -4.02. The predicted octanol–water partition coefficient (Wildman–Crippen LogP) is 0.371. The Bertz CT molecular complexity index is 1090. The highest BCUT2D eigenvalue weighted by Crippen LogP contribution is 2.45. The Morgan fingerprint density at radius 3 is 2.61 bits per heavy atom. The minimum atomic E-state index is -4.02. The number of unbranched alkanes of at least 4 members (excludes halogenated alkanes) is 2. The zero-order valence-corrected chi connectivity index (χ0v) is 18.7. The van der Waals surface area contributed by atoms with Gasteiger partial charge in [-0.15, -0.1) is 0 Å². The maximum atomic E-state index is 12.7. The zero-order valence-electron chi connectivity index (χ0n) is 17.9. The number of aliphatic carboxylic acids is 1. The van der Waals surface area contributed by atoms with Gasteiger partial charge in [-0.3, -0.25) is 9.59 Å². The first-order chi connectivity index (χ1) is 15.5. The third kappa shape index (κ3) is 4.58. The maximum absolute atomic E-state index is 12.7. The lowest BCUT2D eigenvalue weighted by Crippen LogP contribution is -2.57. The summed E-state index contributed by atoms with van der Waals surface area (Å²) >= 11 is 0. The number of phenolic OH excluding ortho intramolecular Hbond substituents is 2. The van der Waals surface area contributed by atoms with E-state index >= 15 is 0 Å². The highest BCUT2D eigenvalue weighted by Gasteiger charge is 2.69. The molecule has 180 valence electrons. The van der Waals surface area contributed by atoms with E-state index in [1.165, 1.54) is 19.1 Å². The number of carbonyl (C=O) groups excluding carboxylic acids is 2. The summed E-state index contributed by atoms with van der Waals surface area (Å²) in [4.78, 5) is 36.2. The Morgan fingerprint density at radius 2 is 1.97 bits per heavy atom. The smallest absolute Gasteiger partial charge is 0.328 e. The third-order valence-electron chi connectivity index (χ3n) is 5.87. The second-order valence-corrected chi connectivity index (χ2v) is 10.7. The highest BCUT2D eigenvalue weighted by atomic mass is 32.2. The summed E-state index contributed by atoms with van der Waals surface area (Å²) in [5, 5.41) is 33.8. The molecule has 0 unspecified atom stereocenters. The average molecular weight is 483 g/mol. The Hall–Kier alpha value is -3.35. The number of amides is 2. The van der Waals surface area contributed by atoms with Crippen molar-refractivity contribution in [3.63, 3.8) is 0 Å². The largest absolute Gasteiger partial charge is 0.504 e. The fraction of sp³-hybridized carbons (Fsp3) is 0.500. The van der Waals surface area contributed by atoms with E-state index in [4.69, 9.17) is 0 Å². The molecule has 3 rings (SSSR count). The quantitative estimate of drug-likeness (QED) is 0.0784. The van der Waals surface area contributed by atoms with Gasteiger partial charge in [0.1, 0.15) is 10.1 Å². The molecule has 1 aromatic carbocycles. The first kappa shape index (κ1) is 24.3. The summed E-state index contributed by atoms with van der Waals surface area (Å²) in [6, 6.07) is 2.80. The van der Waals surface area contributed by atoms with Gasteiger partial charge in [0.05, 0.1) is 6.42 Å². The van der Waals surface area contributed by atoms with E-state index in [-0.39, 0.29) is 24.3 Å². The van der Waals surface area contributed by atoms with Crippen molar-refractivity contribution >= 4 is 39.5 Å². The lowest BCUT2D eigenvalue weighted by molar-refractivity contribution is -0.156. The van der Waals surface area contributed by atoms with E-state index in [2.05, 4.69) is 15.8 Å². The summed E-state index contributed by atoms with van der Waals surface area (Å²) in [5.74, 6) is -2.87. The molecule has 0 radical (unpaired) electrons. The van der Waals surface area contributed by atoms with Gasteiger partial charge in [0.2, 0.25) is 11.8 Å². The molecule has 33 heavy (non-hydrogen) atoms. The average Bonchev–Trinajstić information content (AvgIpc) is 2.87. The van der Waals surface area contributed by atoms with Crippen LogP contribution in [0.4, 0.5) is 5.69 Å². The first-order valence-electron chi connectivity index (χ1n) is 10.4. The minimum Gasteiger partial charge on any atom is -0.504 e. The van der Waals surface area contributed by atoms with Crippen molar-refractivity contribution in [1.29, 1.82) is 0 Å². The number of carboxylic acids is 1. The van der Waals surface area contributed by atoms with Crippen molar-refractivity contribution in [3.8, 4) is 11.5 Å². The van der Waals surface area contributed by atoms with Gasteiger partial charge < -0.3 is 25.5 Å². The molecule has 5 N–H and O–H groups in total. The van der Waals surface area contributed by atoms with Crippen LogP contribution >= 0.6 is 0 Å². The number of aromatic hydroxyl groups is 2. The normalized spacial score (nSPS) is 25.5. The number of nitrogens with zero attached hydrogens (tertiary/aromatic N) is 2. The Labute approximate surface area is 190 Å². The van der Waals surface area contributed by atoms with Crippen LogP contribution in [0.15, 0.2) is 23.3 Å². The van der Waals surface area contributed by atoms with Crippen LogP contribution < -0.4 is 10.7 Å². The van der Waals surface area contributed by atoms with Crippen LogP contribution in [0.25, 0.3) is 0 Å². The number of hydrogen-bond acceptors (Lipinski definition) is 9. The molecule has 0 saturated carbocycles. The molecule has 3 atom stereocenters. The number of β-lactam (4-membered cyclic amide) rings is 1. The van der Waals surface area contributed by atoms with Crippen molar-refractivity contribution in [2.45, 2.75) is 55.2 Å². The first-order valence-corrected chi connectivity index (χ1v) is 11.9. The summed E-state index contributed by atoms with van der Waals surface area (Å²) < 4.78 is 23.5. The van der Waals surface area contributed by atoms with E-state index in [9.17, 15) is 38.1 Å². The van der Waals surface area contributed by atoms with Gasteiger partial charge in [-0.25, -0.2) is 18.6 Å². The number of hydrogen-bond donors (Lipinski definition) is 5. The Balaban J connectivity index is 1.43. The Morgan fingerprint density at radius 1 is 1.24 bits per heavy atom. The summed E-state index contributed by atoms with van der Waals surface area (Å²) in [6.07, 6.45) is 2.75. The lowest BCUT2D eigenvalue weighted by Gasteiger charge is -2.35. The van der Waals surface area contributed by atoms with Crippen LogP contribution in [0, 0.1) is 0 Å². The van der Waals surface area contributed by atoms with Gasteiger partial charge in [0.25, 0.3) is 0 Å². The predicted molar refractivity (Wildman–Crippen MR) is 117 cm³/mol. The fourth-order valence-electron chi connectivity index (χ4n) is 3.95. The second-order valence-electron chi connectivity index (χ2n) is 8.16. The second kappa shape index (κ2) is 9.25. The molecular weight excluding hydrogens is 456 g/mol. The zero-order chi connectivity index (χ0) is 24.4. The minimum absolute atomic E-state index is 0.135. The van der Waals surface area contributed by atoms with Crippen LogP contribution in [0.5, 0.6) is 11.5 Å². The number of anilines is 1. The number of carbonyl (C=O) groups is 3. The number of benzene rings is 1. The molecule has 2 fully saturated rings. The van der Waals surface area contributed by atoms with Crippen LogP contribution in [0.1, 0.15) is 39.0 Å². The molecule has 0 aliphatic carbocycles. The van der Waals surface area contributed by atoms with E-state index in [1.807, 2.05) is 0 Å². The van der Waals surface area contributed by atoms with Crippen LogP contribution in [-0.4, -0.2) is 75.3 Å². The van der Waals surface area contributed by atoms with Crippen LogP contribution in [0.2, 0.25) is 0 Å². The molecule has 2 aliphatic heterocycles. The van der Waals surface area contributed by atoms with Gasteiger partial charge in [0.15, 0.2) is 27.4 Å². The van der Waals surface area contributed by atoms with Crippen molar-refractivity contribution in [1.82, 2.24) is 10.3 Å². The molecule has 13 heteroatoms. The fourth-order valence-corrected chi connectivity index (χ4v) is 6.16. The van der Waals surface area contributed by atoms with Gasteiger partial charge in [-0.2, -0.15) is 5.10 Å². The van der Waals surface area contributed by atoms with E-state index in [1.54, 1.807) is 6.07 Å². The molecule has 0 bridgehead atoms. The number of hydrazone groups is 1. The van der Waals surface area contributed by atoms with E-state index < -0.39 is 43.8 Å². The molecule has 2 aliphatic rings. The molecule has 2 amide bonds. The number of nitrogens with one attached hydrogen (secondary N) is 2.